The van der Waals surface area contributed by atoms with Crippen molar-refractivity contribution in [2.24, 2.45) is 0 Å². The molecule has 0 spiro atoms. The highest BCUT2D eigenvalue weighted by molar-refractivity contribution is 9.11. The number of rotatable bonds is 5. The summed E-state index contributed by atoms with van der Waals surface area (Å²) in [4.78, 5) is 17.9. The molecular formula is C12H18BrNO2S. The van der Waals surface area contributed by atoms with Gasteiger partial charge in [-0.1, -0.05) is 0 Å². The Morgan fingerprint density at radius 1 is 1.47 bits per heavy atom. The van der Waals surface area contributed by atoms with Gasteiger partial charge in [0.05, 0.1) is 9.39 Å². The van der Waals surface area contributed by atoms with Crippen molar-refractivity contribution in [3.8, 4) is 0 Å². The van der Waals surface area contributed by atoms with E-state index in [4.69, 9.17) is 4.84 Å². The zero-order valence-electron chi connectivity index (χ0n) is 10.4. The van der Waals surface area contributed by atoms with E-state index in [0.717, 1.165) is 16.6 Å². The highest BCUT2D eigenvalue weighted by atomic mass is 79.9. The molecule has 1 heterocycles. The summed E-state index contributed by atoms with van der Waals surface area (Å²) in [6.07, 6.45) is 2.26. The Hall–Kier alpha value is -0.390. The molecule has 1 aromatic heterocycles. The Morgan fingerprint density at radius 2 is 2.18 bits per heavy atom. The first kappa shape index (κ1) is 14.7. The van der Waals surface area contributed by atoms with Crippen molar-refractivity contribution in [3.63, 3.8) is 0 Å². The molecule has 17 heavy (non-hydrogen) atoms. The topological polar surface area (TPSA) is 38.3 Å². The summed E-state index contributed by atoms with van der Waals surface area (Å²) in [6, 6.07) is 4.11. The minimum absolute atomic E-state index is 0.0597. The first-order chi connectivity index (χ1) is 7.87. The maximum Gasteiger partial charge on any atom is 0.243 e. The van der Waals surface area contributed by atoms with Gasteiger partial charge in [0, 0.05) is 11.3 Å². The fourth-order valence-corrected chi connectivity index (χ4v) is 2.70. The molecule has 0 unspecified atom stereocenters. The Labute approximate surface area is 115 Å². The molecule has 1 aromatic rings. The second kappa shape index (κ2) is 6.52. The molecule has 1 N–H and O–H groups in total. The van der Waals surface area contributed by atoms with Crippen LogP contribution in [0.2, 0.25) is 0 Å². The molecule has 0 atom stereocenters. The summed E-state index contributed by atoms with van der Waals surface area (Å²) in [5, 5.41) is 0. The maximum absolute atomic E-state index is 11.4. The number of thiophene rings is 1. The summed E-state index contributed by atoms with van der Waals surface area (Å²) in [5.41, 5.74) is 2.13. The first-order valence-electron chi connectivity index (χ1n) is 5.58. The Bertz CT molecular complexity index is 371. The minimum Gasteiger partial charge on any atom is -0.273 e. The third-order valence-electron chi connectivity index (χ3n) is 1.93. The predicted octanol–water partition coefficient (Wildman–Crippen LogP) is 3.68. The molecule has 0 radical (unpaired) electrons. The van der Waals surface area contributed by atoms with E-state index in [9.17, 15) is 4.79 Å². The van der Waals surface area contributed by atoms with Gasteiger partial charge in [0.1, 0.15) is 0 Å². The summed E-state index contributed by atoms with van der Waals surface area (Å²) in [5.74, 6) is -0.0597. The van der Waals surface area contributed by atoms with Crippen LogP contribution in [-0.4, -0.2) is 11.5 Å². The molecular weight excluding hydrogens is 302 g/mol. The van der Waals surface area contributed by atoms with E-state index in [-0.39, 0.29) is 11.5 Å². The van der Waals surface area contributed by atoms with Gasteiger partial charge in [0.2, 0.25) is 5.91 Å². The molecule has 3 nitrogen and oxygen atoms in total. The average Bonchev–Trinajstić information content (AvgIpc) is 2.60. The Kier molecular flexibility index (Phi) is 5.62. The number of aryl methyl sites for hydroxylation is 1. The monoisotopic (exact) mass is 319 g/mol. The number of amides is 1. The molecule has 0 aromatic carbocycles. The molecule has 0 saturated carbocycles. The number of nitrogens with one attached hydrogen (secondary N) is 1. The van der Waals surface area contributed by atoms with E-state index < -0.39 is 0 Å². The normalized spacial score (nSPS) is 11.5. The van der Waals surface area contributed by atoms with E-state index in [1.165, 1.54) is 4.88 Å². The highest BCUT2D eigenvalue weighted by Gasteiger charge is 2.12. The fraction of sp³-hybridized carbons (Fsp3) is 0.583. The zero-order valence-corrected chi connectivity index (χ0v) is 12.8. The van der Waals surface area contributed by atoms with Crippen LogP contribution in [0, 0.1) is 0 Å². The summed E-state index contributed by atoms with van der Waals surface area (Å²) in [7, 11) is 0. The van der Waals surface area contributed by atoms with Gasteiger partial charge < -0.3 is 0 Å². The molecule has 0 fully saturated rings. The standard InChI is InChI=1S/C12H18BrNO2S/c1-12(2,3)16-14-11(15)6-4-5-9-7-8-10(13)17-9/h7-8H,4-6H2,1-3H3,(H,14,15). The van der Waals surface area contributed by atoms with Gasteiger partial charge in [-0.05, 0) is 61.7 Å². The predicted molar refractivity (Wildman–Crippen MR) is 73.9 cm³/mol. The van der Waals surface area contributed by atoms with Crippen LogP contribution in [0.3, 0.4) is 0 Å². The second-order valence-electron chi connectivity index (χ2n) is 4.80. The Morgan fingerprint density at radius 3 is 2.71 bits per heavy atom. The van der Waals surface area contributed by atoms with Crippen molar-refractivity contribution < 1.29 is 9.63 Å². The fourth-order valence-electron chi connectivity index (χ4n) is 1.17. The minimum atomic E-state index is -0.339. The number of carbonyl (C=O) groups excluding carboxylic acids is 1. The number of halogens is 1. The molecule has 0 saturated heterocycles. The molecule has 1 rings (SSSR count). The van der Waals surface area contributed by atoms with Gasteiger partial charge in [-0.2, -0.15) is 0 Å². The van der Waals surface area contributed by atoms with Crippen LogP contribution in [0.15, 0.2) is 15.9 Å². The van der Waals surface area contributed by atoms with Crippen LogP contribution < -0.4 is 5.48 Å². The molecule has 0 aliphatic rings. The van der Waals surface area contributed by atoms with Gasteiger partial charge in [0.15, 0.2) is 0 Å². The Balaban J connectivity index is 2.16. The third kappa shape index (κ3) is 6.81. The lowest BCUT2D eigenvalue weighted by Crippen LogP contribution is -2.33. The van der Waals surface area contributed by atoms with Crippen LogP contribution in [0.1, 0.15) is 38.5 Å². The van der Waals surface area contributed by atoms with Crippen LogP contribution in [0.5, 0.6) is 0 Å². The van der Waals surface area contributed by atoms with Crippen LogP contribution in [-0.2, 0) is 16.1 Å². The molecule has 96 valence electrons. The van der Waals surface area contributed by atoms with Crippen molar-refractivity contribution in [1.82, 2.24) is 5.48 Å². The molecule has 0 aliphatic heterocycles. The molecule has 0 bridgehead atoms. The van der Waals surface area contributed by atoms with Crippen molar-refractivity contribution in [2.45, 2.75) is 45.6 Å². The highest BCUT2D eigenvalue weighted by Crippen LogP contribution is 2.23. The lowest BCUT2D eigenvalue weighted by Gasteiger charge is -2.18. The van der Waals surface area contributed by atoms with Crippen molar-refractivity contribution in [2.75, 3.05) is 0 Å². The van der Waals surface area contributed by atoms with Gasteiger partial charge >= 0.3 is 0 Å². The second-order valence-corrected chi connectivity index (χ2v) is 7.35. The van der Waals surface area contributed by atoms with Gasteiger partial charge in [-0.3, -0.25) is 9.63 Å². The molecule has 5 heteroatoms. The van der Waals surface area contributed by atoms with Crippen molar-refractivity contribution >= 4 is 33.2 Å². The van der Waals surface area contributed by atoms with E-state index >= 15 is 0 Å². The van der Waals surface area contributed by atoms with Crippen molar-refractivity contribution in [3.05, 3.63) is 20.8 Å². The van der Waals surface area contributed by atoms with Gasteiger partial charge in [-0.25, -0.2) is 5.48 Å². The van der Waals surface area contributed by atoms with Crippen LogP contribution in [0.4, 0.5) is 0 Å². The number of hydrogen-bond donors (Lipinski definition) is 1. The first-order valence-corrected chi connectivity index (χ1v) is 7.19. The summed E-state index contributed by atoms with van der Waals surface area (Å²) < 4.78 is 1.13. The largest absolute Gasteiger partial charge is 0.273 e. The number of hydrogen-bond acceptors (Lipinski definition) is 3. The van der Waals surface area contributed by atoms with Gasteiger partial charge in [-0.15, -0.1) is 11.3 Å². The van der Waals surface area contributed by atoms with E-state index in [2.05, 4.69) is 27.5 Å². The van der Waals surface area contributed by atoms with Crippen molar-refractivity contribution in [1.29, 1.82) is 0 Å². The average molecular weight is 320 g/mol. The van der Waals surface area contributed by atoms with E-state index in [0.29, 0.717) is 6.42 Å². The molecule has 1 amide bonds. The summed E-state index contributed by atoms with van der Waals surface area (Å²) >= 11 is 5.13. The van der Waals surface area contributed by atoms with Crippen LogP contribution in [0.25, 0.3) is 0 Å². The SMILES string of the molecule is CC(C)(C)ONC(=O)CCCc1ccc(Br)s1. The quantitative estimate of drug-likeness (QED) is 0.841. The van der Waals surface area contributed by atoms with Crippen LogP contribution >= 0.6 is 27.3 Å². The lowest BCUT2D eigenvalue weighted by molar-refractivity contribution is -0.145. The van der Waals surface area contributed by atoms with E-state index in [1.807, 2.05) is 26.8 Å². The summed E-state index contributed by atoms with van der Waals surface area (Å²) in [6.45, 7) is 5.70. The smallest absolute Gasteiger partial charge is 0.243 e. The maximum atomic E-state index is 11.4. The van der Waals surface area contributed by atoms with Gasteiger partial charge in [0.25, 0.3) is 0 Å². The number of carbonyl (C=O) groups is 1. The van der Waals surface area contributed by atoms with E-state index in [1.54, 1.807) is 11.3 Å². The third-order valence-corrected chi connectivity index (χ3v) is 3.61. The lowest BCUT2D eigenvalue weighted by atomic mass is 10.2. The zero-order chi connectivity index (χ0) is 12.9. The molecule has 0 aliphatic carbocycles. The number of hydroxylamine groups is 1.